The molecule has 0 bridgehead atoms. The predicted molar refractivity (Wildman–Crippen MR) is 96.7 cm³/mol. The third-order valence-corrected chi connectivity index (χ3v) is 5.28. The van der Waals surface area contributed by atoms with Crippen molar-refractivity contribution in [3.63, 3.8) is 0 Å². The number of nitrogens with zero attached hydrogens (tertiary/aromatic N) is 2. The fourth-order valence-electron chi connectivity index (χ4n) is 3.86. The molecule has 2 aliphatic rings. The lowest BCUT2D eigenvalue weighted by molar-refractivity contribution is -0.135. The number of hydrogen-bond acceptors (Lipinski definition) is 3. The maximum atomic E-state index is 13.0. The first-order valence-electron chi connectivity index (χ1n) is 8.99. The molecule has 26 heavy (non-hydrogen) atoms. The zero-order valence-corrected chi connectivity index (χ0v) is 14.7. The number of aromatic nitrogens is 1. The van der Waals surface area contributed by atoms with Gasteiger partial charge >= 0.3 is 0 Å². The van der Waals surface area contributed by atoms with E-state index in [1.165, 1.54) is 0 Å². The monoisotopic (exact) mass is 354 g/mol. The van der Waals surface area contributed by atoms with Gasteiger partial charge in [-0.05, 0) is 19.4 Å². The molecule has 1 atom stereocenters. The quantitative estimate of drug-likeness (QED) is 0.845. The average molecular weight is 354 g/mol. The average Bonchev–Trinajstić information content (AvgIpc) is 3.23. The van der Waals surface area contributed by atoms with Crippen LogP contribution in [0.15, 0.2) is 24.3 Å². The summed E-state index contributed by atoms with van der Waals surface area (Å²) in [7, 11) is 0. The Bertz CT molecular complexity index is 880. The second kappa shape index (κ2) is 6.48. The number of carbonyl (C=O) groups excluding carboxylic acids is 3. The topological polar surface area (TPSA) is 85.5 Å². The summed E-state index contributed by atoms with van der Waals surface area (Å²) in [6, 6.07) is 7.39. The number of aromatic amines is 1. The number of hydrogen-bond donors (Lipinski definition) is 2. The van der Waals surface area contributed by atoms with Gasteiger partial charge in [0.1, 0.15) is 6.04 Å². The fraction of sp³-hybridized carbons (Fsp3) is 0.421. The summed E-state index contributed by atoms with van der Waals surface area (Å²) in [6.07, 6.45) is 0.972. The summed E-state index contributed by atoms with van der Waals surface area (Å²) in [6.45, 7) is 3.92. The highest BCUT2D eigenvalue weighted by atomic mass is 16.2. The minimum atomic E-state index is -0.402. The molecule has 0 radical (unpaired) electrons. The van der Waals surface area contributed by atoms with Gasteiger partial charge in [-0.25, -0.2) is 0 Å². The first kappa shape index (κ1) is 16.6. The van der Waals surface area contributed by atoms with E-state index in [9.17, 15) is 14.4 Å². The van der Waals surface area contributed by atoms with Crippen LogP contribution in [0.25, 0.3) is 10.9 Å². The molecule has 7 heteroatoms. The zero-order chi connectivity index (χ0) is 18.3. The lowest BCUT2D eigenvalue weighted by Gasteiger charge is -2.36. The normalized spacial score (nSPS) is 20.5. The molecule has 0 saturated carbocycles. The van der Waals surface area contributed by atoms with Crippen LogP contribution in [0.3, 0.4) is 0 Å². The van der Waals surface area contributed by atoms with Crippen LogP contribution in [-0.4, -0.2) is 64.7 Å². The van der Waals surface area contributed by atoms with Gasteiger partial charge in [0.25, 0.3) is 5.91 Å². The number of fused-ring (bicyclic) bond motifs is 1. The van der Waals surface area contributed by atoms with Gasteiger partial charge in [0.2, 0.25) is 11.8 Å². The maximum Gasteiger partial charge on any atom is 0.256 e. The second-order valence-electron chi connectivity index (χ2n) is 6.95. The fourth-order valence-corrected chi connectivity index (χ4v) is 3.86. The number of amides is 3. The molecule has 1 aromatic heterocycles. The Labute approximate surface area is 151 Å². The van der Waals surface area contributed by atoms with Crippen LogP contribution in [0.4, 0.5) is 0 Å². The van der Waals surface area contributed by atoms with Gasteiger partial charge in [0.15, 0.2) is 0 Å². The molecular formula is C19H22N4O3. The first-order valence-corrected chi connectivity index (χ1v) is 8.99. The van der Waals surface area contributed by atoms with E-state index in [1.54, 1.807) is 9.80 Å². The summed E-state index contributed by atoms with van der Waals surface area (Å²) >= 11 is 0. The maximum absolute atomic E-state index is 13.0. The molecule has 3 heterocycles. The van der Waals surface area contributed by atoms with E-state index in [1.807, 2.05) is 31.2 Å². The Morgan fingerprint density at radius 1 is 1.08 bits per heavy atom. The highest BCUT2D eigenvalue weighted by molar-refractivity contribution is 6.08. The second-order valence-corrected chi connectivity index (χ2v) is 6.95. The zero-order valence-electron chi connectivity index (χ0n) is 14.7. The highest BCUT2D eigenvalue weighted by Gasteiger charge is 2.33. The van der Waals surface area contributed by atoms with E-state index in [0.29, 0.717) is 44.6 Å². The molecule has 1 aromatic carbocycles. The van der Waals surface area contributed by atoms with Crippen LogP contribution in [0.5, 0.6) is 0 Å². The number of benzene rings is 1. The van der Waals surface area contributed by atoms with Crippen molar-refractivity contribution in [2.45, 2.75) is 25.8 Å². The number of piperazine rings is 1. The van der Waals surface area contributed by atoms with Gasteiger partial charge in [-0.15, -0.1) is 0 Å². The van der Waals surface area contributed by atoms with Crippen LogP contribution in [0.2, 0.25) is 0 Å². The molecule has 2 saturated heterocycles. The third kappa shape index (κ3) is 2.83. The van der Waals surface area contributed by atoms with Gasteiger partial charge in [0, 0.05) is 49.2 Å². The number of aryl methyl sites for hydroxylation is 1. The Kier molecular flexibility index (Phi) is 4.14. The van der Waals surface area contributed by atoms with Gasteiger partial charge in [0.05, 0.1) is 5.56 Å². The Balaban J connectivity index is 1.44. The molecule has 1 unspecified atom stereocenters. The smallest absolute Gasteiger partial charge is 0.256 e. The minimum Gasteiger partial charge on any atom is -0.358 e. The largest absolute Gasteiger partial charge is 0.358 e. The van der Waals surface area contributed by atoms with E-state index in [0.717, 1.165) is 16.6 Å². The Morgan fingerprint density at radius 3 is 2.46 bits per heavy atom. The minimum absolute atomic E-state index is 0.00113. The predicted octanol–water partition coefficient (Wildman–Crippen LogP) is 1.04. The van der Waals surface area contributed by atoms with Gasteiger partial charge in [-0.3, -0.25) is 14.4 Å². The summed E-state index contributed by atoms with van der Waals surface area (Å²) in [5.74, 6) is -0.0978. The van der Waals surface area contributed by atoms with E-state index in [2.05, 4.69) is 10.3 Å². The first-order chi connectivity index (χ1) is 12.5. The molecule has 136 valence electrons. The van der Waals surface area contributed by atoms with Gasteiger partial charge < -0.3 is 20.1 Å². The standard InChI is InChI=1S/C19H22N4O3/c1-12-17(13-4-2-3-5-14(13)20-12)19(26)23-10-8-22(9-11-23)18(25)15-6-7-16(24)21-15/h2-5,15,20H,6-11H2,1H3,(H,21,24). The highest BCUT2D eigenvalue weighted by Crippen LogP contribution is 2.24. The SMILES string of the molecule is Cc1[nH]c2ccccc2c1C(=O)N1CCN(C(=O)C2CCC(=O)N2)CC1. The Hall–Kier alpha value is -2.83. The molecule has 4 rings (SSSR count). The number of rotatable bonds is 2. The molecule has 2 N–H and O–H groups in total. The molecule has 3 amide bonds. The van der Waals surface area contributed by atoms with E-state index in [4.69, 9.17) is 0 Å². The summed E-state index contributed by atoms with van der Waals surface area (Å²) in [5.41, 5.74) is 2.53. The van der Waals surface area contributed by atoms with Crippen molar-refractivity contribution in [3.8, 4) is 0 Å². The number of para-hydroxylation sites is 1. The van der Waals surface area contributed by atoms with Crippen molar-refractivity contribution in [2.24, 2.45) is 0 Å². The summed E-state index contributed by atoms with van der Waals surface area (Å²) < 4.78 is 0. The van der Waals surface area contributed by atoms with Crippen LogP contribution >= 0.6 is 0 Å². The Morgan fingerprint density at radius 2 is 1.77 bits per heavy atom. The van der Waals surface area contributed by atoms with Crippen LogP contribution in [0, 0.1) is 6.92 Å². The van der Waals surface area contributed by atoms with Crippen molar-refractivity contribution >= 4 is 28.6 Å². The summed E-state index contributed by atoms with van der Waals surface area (Å²) in [4.78, 5) is 43.6. The molecule has 7 nitrogen and oxygen atoms in total. The van der Waals surface area contributed by atoms with Crippen LogP contribution < -0.4 is 5.32 Å². The lowest BCUT2D eigenvalue weighted by Crippen LogP contribution is -2.54. The number of carbonyl (C=O) groups is 3. The van der Waals surface area contributed by atoms with E-state index in [-0.39, 0.29) is 17.7 Å². The van der Waals surface area contributed by atoms with Crippen molar-refractivity contribution in [1.29, 1.82) is 0 Å². The van der Waals surface area contributed by atoms with Crippen LogP contribution in [-0.2, 0) is 9.59 Å². The van der Waals surface area contributed by atoms with Crippen molar-refractivity contribution < 1.29 is 14.4 Å². The molecule has 2 aliphatic heterocycles. The van der Waals surface area contributed by atoms with E-state index >= 15 is 0 Å². The molecule has 0 spiro atoms. The van der Waals surface area contributed by atoms with Crippen molar-refractivity contribution in [3.05, 3.63) is 35.5 Å². The number of nitrogens with one attached hydrogen (secondary N) is 2. The third-order valence-electron chi connectivity index (χ3n) is 5.28. The molecular weight excluding hydrogens is 332 g/mol. The number of H-pyrrole nitrogens is 1. The molecule has 0 aliphatic carbocycles. The molecule has 2 aromatic rings. The van der Waals surface area contributed by atoms with Gasteiger partial charge in [-0.2, -0.15) is 0 Å². The molecule has 2 fully saturated rings. The van der Waals surface area contributed by atoms with Crippen LogP contribution in [0.1, 0.15) is 28.9 Å². The summed E-state index contributed by atoms with van der Waals surface area (Å²) in [5, 5.41) is 3.65. The van der Waals surface area contributed by atoms with Crippen molar-refractivity contribution in [2.75, 3.05) is 26.2 Å². The van der Waals surface area contributed by atoms with E-state index < -0.39 is 6.04 Å². The van der Waals surface area contributed by atoms with Crippen molar-refractivity contribution in [1.82, 2.24) is 20.1 Å². The lowest BCUT2D eigenvalue weighted by atomic mass is 10.1. The van der Waals surface area contributed by atoms with Gasteiger partial charge in [-0.1, -0.05) is 18.2 Å².